The van der Waals surface area contributed by atoms with Crippen molar-refractivity contribution in [3.63, 3.8) is 0 Å². The molecule has 1 aliphatic rings. The van der Waals surface area contributed by atoms with Crippen LogP contribution in [0.3, 0.4) is 0 Å². The Hall–Kier alpha value is -1.12. The first kappa shape index (κ1) is 15.3. The molecule has 2 atom stereocenters. The van der Waals surface area contributed by atoms with Crippen molar-refractivity contribution in [2.24, 2.45) is 5.92 Å². The summed E-state index contributed by atoms with van der Waals surface area (Å²) in [6, 6.07) is 9.97. The molecule has 2 unspecified atom stereocenters. The van der Waals surface area contributed by atoms with E-state index in [9.17, 15) is 9.59 Å². The third-order valence-electron chi connectivity index (χ3n) is 3.49. The number of rotatable bonds is 5. The van der Waals surface area contributed by atoms with E-state index in [1.54, 1.807) is 0 Å². The van der Waals surface area contributed by atoms with Crippen LogP contribution in [0.4, 0.5) is 0 Å². The normalized spacial score (nSPS) is 20.4. The van der Waals surface area contributed by atoms with Gasteiger partial charge in [-0.2, -0.15) is 0 Å². The van der Waals surface area contributed by atoms with Crippen LogP contribution in [0.1, 0.15) is 32.6 Å². The van der Waals surface area contributed by atoms with E-state index in [0.29, 0.717) is 13.0 Å². The summed E-state index contributed by atoms with van der Waals surface area (Å²) in [6.45, 7) is 2.19. The van der Waals surface area contributed by atoms with Gasteiger partial charge in [0.05, 0.1) is 0 Å². The topological polar surface area (TPSA) is 43.4 Å². The minimum atomic E-state index is -0.266. The molecule has 2 rings (SSSR count). The van der Waals surface area contributed by atoms with Crippen LogP contribution in [0.5, 0.6) is 0 Å². The molecule has 1 aromatic carbocycles. The number of hydrogen-bond acceptors (Lipinski definition) is 3. The van der Waals surface area contributed by atoms with Gasteiger partial charge in [0, 0.05) is 0 Å². The molecule has 1 saturated carbocycles. The zero-order chi connectivity index (χ0) is 14.4. The Morgan fingerprint density at radius 1 is 1.35 bits per heavy atom. The van der Waals surface area contributed by atoms with E-state index >= 15 is 0 Å². The van der Waals surface area contributed by atoms with E-state index in [1.807, 2.05) is 37.3 Å². The third kappa shape index (κ3) is 3.94. The summed E-state index contributed by atoms with van der Waals surface area (Å²) in [7, 11) is 0. The molecule has 0 spiro atoms. The molecule has 0 radical (unpaired) electrons. The monoisotopic (exact) mass is 340 g/mol. The second-order valence-corrected chi connectivity index (χ2v) is 7.47. The molecule has 3 nitrogen and oxygen atoms in total. The average molecular weight is 339 g/mol. The van der Waals surface area contributed by atoms with Gasteiger partial charge in [-0.05, 0) is 0 Å². The van der Waals surface area contributed by atoms with Gasteiger partial charge in [0.25, 0.3) is 0 Å². The Kier molecular flexibility index (Phi) is 5.81. The number of ether oxygens (including phenoxy) is 1. The number of ketones is 1. The number of Topliss-reactive ketones (excluding diaryl/α,β-unsaturated/α-hetero) is 1. The maximum atomic E-state index is 12.2. The van der Waals surface area contributed by atoms with Gasteiger partial charge in [0.1, 0.15) is 0 Å². The third-order valence-corrected chi connectivity index (χ3v) is 6.26. The van der Waals surface area contributed by atoms with Crippen LogP contribution in [0.15, 0.2) is 30.3 Å². The summed E-state index contributed by atoms with van der Waals surface area (Å²) >= 11 is -0.0504. The molecular weight excluding hydrogens is 319 g/mol. The zero-order valence-electron chi connectivity index (χ0n) is 11.7. The molecule has 108 valence electrons. The Morgan fingerprint density at radius 2 is 2.10 bits per heavy atom. The van der Waals surface area contributed by atoms with Crippen molar-refractivity contribution in [1.29, 1.82) is 0 Å². The molecule has 1 aliphatic carbocycles. The summed E-state index contributed by atoms with van der Waals surface area (Å²) in [4.78, 5) is 24.1. The van der Waals surface area contributed by atoms with E-state index in [1.165, 1.54) is 0 Å². The Bertz CT molecular complexity index is 458. The van der Waals surface area contributed by atoms with E-state index in [2.05, 4.69) is 0 Å². The first-order chi connectivity index (χ1) is 9.72. The molecule has 0 saturated heterocycles. The van der Waals surface area contributed by atoms with Crippen molar-refractivity contribution in [2.75, 3.05) is 6.61 Å². The molecule has 1 fully saturated rings. The van der Waals surface area contributed by atoms with Crippen LogP contribution >= 0.6 is 0 Å². The molecule has 0 aliphatic heterocycles. The average Bonchev–Trinajstić information content (AvgIpc) is 2.47. The predicted octanol–water partition coefficient (Wildman–Crippen LogP) is 2.13. The fourth-order valence-electron chi connectivity index (χ4n) is 2.49. The number of carbonyl (C=O) groups excluding carboxylic acids is 2. The van der Waals surface area contributed by atoms with Gasteiger partial charge in [0.15, 0.2) is 0 Å². The zero-order valence-corrected chi connectivity index (χ0v) is 13.4. The second kappa shape index (κ2) is 7.61. The van der Waals surface area contributed by atoms with E-state index in [0.717, 1.165) is 23.7 Å². The Labute approximate surface area is 126 Å². The minimum absolute atomic E-state index is 0.0504. The first-order valence-corrected chi connectivity index (χ1v) is 8.98. The Morgan fingerprint density at radius 3 is 2.75 bits per heavy atom. The standard InChI is InChI=1S/C16H20O3Se/c1-2-19-16(18)15(13-10-6-7-11-14(13)17)20-12-8-4-3-5-9-12/h3-5,8-9,13,15H,2,6-7,10-11H2,1H3. The summed E-state index contributed by atoms with van der Waals surface area (Å²) < 4.78 is 6.35. The molecule has 0 bridgehead atoms. The second-order valence-electron chi connectivity index (χ2n) is 4.92. The van der Waals surface area contributed by atoms with Crippen LogP contribution in [0.25, 0.3) is 0 Å². The number of carbonyl (C=O) groups is 2. The number of benzene rings is 1. The van der Waals surface area contributed by atoms with Gasteiger partial charge in [-0.1, -0.05) is 0 Å². The molecule has 0 aromatic heterocycles. The van der Waals surface area contributed by atoms with Gasteiger partial charge in [-0.3, -0.25) is 0 Å². The van der Waals surface area contributed by atoms with E-state index < -0.39 is 0 Å². The molecule has 20 heavy (non-hydrogen) atoms. The van der Waals surface area contributed by atoms with Gasteiger partial charge in [0.2, 0.25) is 0 Å². The van der Waals surface area contributed by atoms with Crippen LogP contribution in [0, 0.1) is 5.92 Å². The first-order valence-electron chi connectivity index (χ1n) is 7.13. The molecule has 0 N–H and O–H groups in total. The molecule has 1 aromatic rings. The fraction of sp³-hybridized carbons (Fsp3) is 0.500. The van der Waals surface area contributed by atoms with Crippen molar-refractivity contribution in [2.45, 2.75) is 37.4 Å². The van der Waals surface area contributed by atoms with Crippen molar-refractivity contribution in [3.05, 3.63) is 30.3 Å². The summed E-state index contributed by atoms with van der Waals surface area (Å²) in [5.41, 5.74) is 0. The van der Waals surface area contributed by atoms with Crippen molar-refractivity contribution < 1.29 is 14.3 Å². The SMILES string of the molecule is CCOC(=O)C([Se]c1ccccc1)C1CCCCC1=O. The van der Waals surface area contributed by atoms with Crippen molar-refractivity contribution in [1.82, 2.24) is 0 Å². The van der Waals surface area contributed by atoms with Gasteiger partial charge in [-0.15, -0.1) is 0 Å². The van der Waals surface area contributed by atoms with Crippen LogP contribution in [-0.2, 0) is 14.3 Å². The summed E-state index contributed by atoms with van der Waals surface area (Å²) in [6.07, 6.45) is 3.45. The molecule has 4 heteroatoms. The summed E-state index contributed by atoms with van der Waals surface area (Å²) in [5.74, 6) is -0.0910. The predicted molar refractivity (Wildman–Crippen MR) is 79.2 cm³/mol. The molecule has 0 amide bonds. The van der Waals surface area contributed by atoms with E-state index in [-0.39, 0.29) is 37.4 Å². The molecule has 0 heterocycles. The van der Waals surface area contributed by atoms with Crippen molar-refractivity contribution in [3.8, 4) is 0 Å². The van der Waals surface area contributed by atoms with Crippen LogP contribution in [-0.4, -0.2) is 33.3 Å². The number of hydrogen-bond donors (Lipinski definition) is 0. The van der Waals surface area contributed by atoms with Gasteiger partial charge < -0.3 is 0 Å². The molecular formula is C16H20O3Se. The van der Waals surface area contributed by atoms with Crippen LogP contribution in [0.2, 0.25) is 4.82 Å². The summed E-state index contributed by atoms with van der Waals surface area (Å²) in [5, 5.41) is 0. The van der Waals surface area contributed by atoms with Crippen LogP contribution < -0.4 is 4.46 Å². The van der Waals surface area contributed by atoms with E-state index in [4.69, 9.17) is 4.74 Å². The van der Waals surface area contributed by atoms with Gasteiger partial charge >= 0.3 is 126 Å². The maximum absolute atomic E-state index is 12.2. The number of esters is 1. The van der Waals surface area contributed by atoms with Gasteiger partial charge in [-0.25, -0.2) is 0 Å². The van der Waals surface area contributed by atoms with Crippen molar-refractivity contribution >= 4 is 31.2 Å². The Balaban J connectivity index is 2.15. The fourth-order valence-corrected chi connectivity index (χ4v) is 5.06. The quantitative estimate of drug-likeness (QED) is 0.610.